The Morgan fingerprint density at radius 3 is 1.77 bits per heavy atom. The molecular formula is C38H25N5. The van der Waals surface area contributed by atoms with Gasteiger partial charge in [0.15, 0.2) is 0 Å². The highest BCUT2D eigenvalue weighted by atomic mass is 15.1. The van der Waals surface area contributed by atoms with Crippen LogP contribution < -0.4 is 0 Å². The van der Waals surface area contributed by atoms with E-state index in [0.717, 1.165) is 67.4 Å². The minimum atomic E-state index is 0.787. The molecule has 0 spiro atoms. The summed E-state index contributed by atoms with van der Waals surface area (Å²) >= 11 is 0. The van der Waals surface area contributed by atoms with Gasteiger partial charge < -0.3 is 0 Å². The molecule has 202 valence electrons. The van der Waals surface area contributed by atoms with Crippen molar-refractivity contribution in [2.45, 2.75) is 0 Å². The number of fused-ring (bicyclic) bond motifs is 3. The summed E-state index contributed by atoms with van der Waals surface area (Å²) in [6.07, 6.45) is 3.73. The first kappa shape index (κ1) is 24.8. The maximum Gasteiger partial charge on any atom is 0.138 e. The molecule has 0 aliphatic carbocycles. The molecule has 0 bridgehead atoms. The van der Waals surface area contributed by atoms with E-state index in [2.05, 4.69) is 94.5 Å². The molecule has 5 heteroatoms. The Morgan fingerprint density at radius 2 is 0.977 bits per heavy atom. The maximum atomic E-state index is 5.08. The molecule has 0 unspecified atom stereocenters. The number of rotatable bonds is 5. The molecule has 43 heavy (non-hydrogen) atoms. The topological polar surface area (TPSA) is 56.5 Å². The van der Waals surface area contributed by atoms with E-state index in [9.17, 15) is 0 Å². The van der Waals surface area contributed by atoms with E-state index in [1.54, 1.807) is 0 Å². The maximum absolute atomic E-state index is 5.08. The van der Waals surface area contributed by atoms with Crippen molar-refractivity contribution in [1.82, 2.24) is 24.5 Å². The van der Waals surface area contributed by atoms with Crippen LogP contribution in [0.15, 0.2) is 152 Å². The largest absolute Gasteiger partial charge is 0.292 e. The number of pyridine rings is 4. The lowest BCUT2D eigenvalue weighted by molar-refractivity contribution is 1.07. The molecule has 5 aromatic heterocycles. The third-order valence-corrected chi connectivity index (χ3v) is 7.75. The van der Waals surface area contributed by atoms with Crippen LogP contribution in [0.5, 0.6) is 0 Å². The van der Waals surface area contributed by atoms with E-state index >= 15 is 0 Å². The lowest BCUT2D eigenvalue weighted by Gasteiger charge is -2.11. The minimum absolute atomic E-state index is 0.787. The summed E-state index contributed by atoms with van der Waals surface area (Å²) in [5.74, 6) is 0.821. The van der Waals surface area contributed by atoms with E-state index in [1.807, 2.05) is 67.0 Å². The van der Waals surface area contributed by atoms with Crippen molar-refractivity contribution < 1.29 is 0 Å². The smallest absolute Gasteiger partial charge is 0.138 e. The molecule has 0 atom stereocenters. The Morgan fingerprint density at radius 1 is 0.395 bits per heavy atom. The van der Waals surface area contributed by atoms with Gasteiger partial charge >= 0.3 is 0 Å². The van der Waals surface area contributed by atoms with Gasteiger partial charge in [-0.25, -0.2) is 15.0 Å². The van der Waals surface area contributed by atoms with Gasteiger partial charge in [0, 0.05) is 22.5 Å². The fraction of sp³-hybridized carbons (Fsp3) is 0. The van der Waals surface area contributed by atoms with Crippen LogP contribution in [0.3, 0.4) is 0 Å². The van der Waals surface area contributed by atoms with Crippen LogP contribution in [0.1, 0.15) is 0 Å². The van der Waals surface area contributed by atoms with Gasteiger partial charge in [0.2, 0.25) is 0 Å². The number of nitrogens with zero attached hydrogens (tertiary/aromatic N) is 5. The highest BCUT2D eigenvalue weighted by Gasteiger charge is 2.15. The second-order valence-corrected chi connectivity index (χ2v) is 10.4. The molecule has 0 aliphatic rings. The molecule has 8 rings (SSSR count). The van der Waals surface area contributed by atoms with Gasteiger partial charge in [-0.1, -0.05) is 91.0 Å². The van der Waals surface area contributed by atoms with Crippen LogP contribution in [0.2, 0.25) is 0 Å². The number of hydrogen-bond donors (Lipinski definition) is 0. The Kier molecular flexibility index (Phi) is 6.05. The first-order chi connectivity index (χ1) is 21.3. The van der Waals surface area contributed by atoms with Gasteiger partial charge in [0.1, 0.15) is 5.82 Å². The van der Waals surface area contributed by atoms with E-state index in [-0.39, 0.29) is 0 Å². The third kappa shape index (κ3) is 4.44. The van der Waals surface area contributed by atoms with Crippen molar-refractivity contribution in [1.29, 1.82) is 0 Å². The lowest BCUT2D eigenvalue weighted by Crippen LogP contribution is -1.99. The summed E-state index contributed by atoms with van der Waals surface area (Å²) in [6.45, 7) is 0. The van der Waals surface area contributed by atoms with Gasteiger partial charge in [-0.05, 0) is 59.7 Å². The van der Waals surface area contributed by atoms with Crippen LogP contribution >= 0.6 is 0 Å². The SMILES string of the molecule is c1ccc(-c2ccccc2-c2cccc(-c3cccc(-c4cccc(-n5c6ccccc6c6ccncc65)n4)n3)n2)cc1. The summed E-state index contributed by atoms with van der Waals surface area (Å²) < 4.78 is 2.17. The quantitative estimate of drug-likeness (QED) is 0.214. The standard InChI is InChI=1S/C38H25N5/c1-2-11-26(12-3-1)27-13-4-5-14-28(27)31-16-8-17-32(40-31)33-18-9-19-34(41-33)35-20-10-22-38(42-35)43-36-21-7-6-15-29(36)30-23-24-39-25-37(30)43/h1-25H. The Hall–Kier alpha value is -5.94. The van der Waals surface area contributed by atoms with Crippen molar-refractivity contribution in [2.75, 3.05) is 0 Å². The zero-order chi connectivity index (χ0) is 28.6. The summed E-state index contributed by atoms with van der Waals surface area (Å²) in [5.41, 5.74) is 9.60. The Balaban J connectivity index is 1.19. The number of para-hydroxylation sites is 1. The van der Waals surface area contributed by atoms with Crippen LogP contribution in [0, 0.1) is 0 Å². The monoisotopic (exact) mass is 551 g/mol. The van der Waals surface area contributed by atoms with Gasteiger partial charge in [-0.3, -0.25) is 9.55 Å². The second kappa shape index (κ2) is 10.5. The van der Waals surface area contributed by atoms with E-state index in [0.29, 0.717) is 0 Å². The van der Waals surface area contributed by atoms with Crippen molar-refractivity contribution in [2.24, 2.45) is 0 Å². The van der Waals surface area contributed by atoms with Crippen molar-refractivity contribution in [3.63, 3.8) is 0 Å². The molecule has 0 fully saturated rings. The van der Waals surface area contributed by atoms with Gasteiger partial charge in [0.25, 0.3) is 0 Å². The molecule has 5 heterocycles. The predicted octanol–water partition coefficient (Wildman–Crippen LogP) is 9.03. The predicted molar refractivity (Wildman–Crippen MR) is 174 cm³/mol. The molecule has 5 nitrogen and oxygen atoms in total. The molecule has 0 radical (unpaired) electrons. The molecular weight excluding hydrogens is 526 g/mol. The van der Waals surface area contributed by atoms with Crippen molar-refractivity contribution in [3.8, 4) is 51.0 Å². The summed E-state index contributed by atoms with van der Waals surface area (Å²) in [6, 6.07) is 47.4. The molecule has 3 aromatic carbocycles. The van der Waals surface area contributed by atoms with E-state index in [4.69, 9.17) is 15.0 Å². The highest BCUT2D eigenvalue weighted by Crippen LogP contribution is 2.33. The number of benzene rings is 3. The number of hydrogen-bond acceptors (Lipinski definition) is 4. The summed E-state index contributed by atoms with van der Waals surface area (Å²) in [4.78, 5) is 19.6. The summed E-state index contributed by atoms with van der Waals surface area (Å²) in [5, 5.41) is 2.32. The molecule has 0 aliphatic heterocycles. The van der Waals surface area contributed by atoms with Crippen LogP contribution in [-0.4, -0.2) is 24.5 Å². The van der Waals surface area contributed by atoms with Crippen molar-refractivity contribution >= 4 is 21.8 Å². The molecule has 8 aromatic rings. The second-order valence-electron chi connectivity index (χ2n) is 10.4. The average Bonchev–Trinajstić information content (AvgIpc) is 3.43. The highest BCUT2D eigenvalue weighted by molar-refractivity contribution is 6.08. The van der Waals surface area contributed by atoms with Gasteiger partial charge in [0.05, 0.1) is 45.7 Å². The van der Waals surface area contributed by atoms with Crippen molar-refractivity contribution in [3.05, 3.63) is 152 Å². The van der Waals surface area contributed by atoms with Gasteiger partial charge in [-0.15, -0.1) is 0 Å². The Labute approximate surface area is 248 Å². The normalized spacial score (nSPS) is 11.3. The lowest BCUT2D eigenvalue weighted by atomic mass is 9.97. The first-order valence-corrected chi connectivity index (χ1v) is 14.2. The number of aromatic nitrogens is 5. The van der Waals surface area contributed by atoms with Crippen LogP contribution in [-0.2, 0) is 0 Å². The average molecular weight is 552 g/mol. The molecule has 0 amide bonds. The first-order valence-electron chi connectivity index (χ1n) is 14.2. The van der Waals surface area contributed by atoms with E-state index in [1.165, 1.54) is 5.39 Å². The fourth-order valence-corrected chi connectivity index (χ4v) is 5.78. The zero-order valence-corrected chi connectivity index (χ0v) is 23.2. The summed E-state index contributed by atoms with van der Waals surface area (Å²) in [7, 11) is 0. The minimum Gasteiger partial charge on any atom is -0.292 e. The van der Waals surface area contributed by atoms with Crippen LogP contribution in [0.4, 0.5) is 0 Å². The van der Waals surface area contributed by atoms with Crippen LogP contribution in [0.25, 0.3) is 72.8 Å². The van der Waals surface area contributed by atoms with Gasteiger partial charge in [-0.2, -0.15) is 0 Å². The third-order valence-electron chi connectivity index (χ3n) is 7.75. The molecule has 0 saturated heterocycles. The molecule has 0 N–H and O–H groups in total. The zero-order valence-electron chi connectivity index (χ0n) is 23.2. The Bertz CT molecular complexity index is 2200. The molecule has 0 saturated carbocycles. The fourth-order valence-electron chi connectivity index (χ4n) is 5.78. The van der Waals surface area contributed by atoms with E-state index < -0.39 is 0 Å².